The summed E-state index contributed by atoms with van der Waals surface area (Å²) in [6.45, 7) is -5.31. The third-order valence-electron chi connectivity index (χ3n) is 5.16. The number of fused-ring (bicyclic) bond motifs is 1. The van der Waals surface area contributed by atoms with Gasteiger partial charge in [0.1, 0.15) is 0 Å². The van der Waals surface area contributed by atoms with Crippen LogP contribution in [0.1, 0.15) is 22.2 Å². The lowest BCUT2D eigenvalue weighted by Crippen LogP contribution is -2.38. The van der Waals surface area contributed by atoms with Crippen molar-refractivity contribution in [2.24, 2.45) is 0 Å². The average molecular weight is 480 g/mol. The van der Waals surface area contributed by atoms with Crippen molar-refractivity contribution in [3.05, 3.63) is 53.6 Å². The summed E-state index contributed by atoms with van der Waals surface area (Å²) in [6, 6.07) is 6.91. The molecule has 0 amide bonds. The zero-order valence-corrected chi connectivity index (χ0v) is 17.1. The van der Waals surface area contributed by atoms with E-state index in [0.717, 1.165) is 36.4 Å². The van der Waals surface area contributed by atoms with Crippen molar-refractivity contribution < 1.29 is 38.9 Å². The molecule has 0 aliphatic carbocycles. The zero-order chi connectivity index (χ0) is 26.2. The van der Waals surface area contributed by atoms with E-state index in [1.807, 2.05) is 0 Å². The summed E-state index contributed by atoms with van der Waals surface area (Å²) in [7, 11) is -4.68. The predicted molar refractivity (Wildman–Crippen MR) is 105 cm³/mol. The van der Waals surface area contributed by atoms with Gasteiger partial charge in [0.25, 0.3) is 15.9 Å². The van der Waals surface area contributed by atoms with E-state index in [1.54, 1.807) is 0 Å². The van der Waals surface area contributed by atoms with Crippen molar-refractivity contribution in [1.82, 2.24) is 9.19 Å². The van der Waals surface area contributed by atoms with Crippen molar-refractivity contribution >= 4 is 26.7 Å². The summed E-state index contributed by atoms with van der Waals surface area (Å²) in [5.74, 6) is -12.9. The minimum atomic E-state index is -4.68. The monoisotopic (exact) mass is 480 g/mol. The van der Waals surface area contributed by atoms with Gasteiger partial charge in [0.2, 0.25) is 0 Å². The maximum absolute atomic E-state index is 13.9. The van der Waals surface area contributed by atoms with Gasteiger partial charge in [-0.25, -0.2) is 8.78 Å². The highest BCUT2D eigenvalue weighted by molar-refractivity contribution is 7.90. The Hall–Kier alpha value is -2.76. The zero-order valence-electron chi connectivity index (χ0n) is 19.3. The maximum atomic E-state index is 13.9. The fourth-order valence-electron chi connectivity index (χ4n) is 3.46. The first-order valence-corrected chi connectivity index (χ1v) is 10.6. The molecule has 1 aliphatic rings. The SMILES string of the molecule is [2H]C([2H])([2H])c1cccc2c1c(N1CC(F)(F)C(F)(F)C1)nn2S(=O)(=O)c1ccc(C(C)(F)F)cc1. The molecule has 12 heteroatoms. The van der Waals surface area contributed by atoms with Crippen LogP contribution in [0.4, 0.5) is 32.2 Å². The third-order valence-corrected chi connectivity index (χ3v) is 6.76. The van der Waals surface area contributed by atoms with Crippen molar-refractivity contribution in [1.29, 1.82) is 0 Å². The first-order valence-electron chi connectivity index (χ1n) is 10.6. The van der Waals surface area contributed by atoms with Crippen molar-refractivity contribution in [2.75, 3.05) is 18.0 Å². The molecular weight excluding hydrogens is 460 g/mol. The predicted octanol–water partition coefficient (Wildman–Crippen LogP) is 4.78. The molecule has 1 aromatic heterocycles. The highest BCUT2D eigenvalue weighted by Gasteiger charge is 2.63. The summed E-state index contributed by atoms with van der Waals surface area (Å²) in [6.07, 6.45) is 0. The van der Waals surface area contributed by atoms with E-state index in [0.29, 0.717) is 15.9 Å². The van der Waals surface area contributed by atoms with E-state index in [9.17, 15) is 34.8 Å². The van der Waals surface area contributed by atoms with E-state index in [4.69, 9.17) is 4.11 Å². The van der Waals surface area contributed by atoms with Crippen LogP contribution in [-0.4, -0.2) is 42.5 Å². The van der Waals surface area contributed by atoms with Gasteiger partial charge >= 0.3 is 11.8 Å². The van der Waals surface area contributed by atoms with Crippen LogP contribution < -0.4 is 4.90 Å². The Kier molecular flexibility index (Phi) is 4.03. The number of aromatic nitrogens is 2. The van der Waals surface area contributed by atoms with E-state index >= 15 is 0 Å². The van der Waals surface area contributed by atoms with Crippen LogP contribution in [-0.2, 0) is 15.9 Å². The molecule has 5 nitrogen and oxygen atoms in total. The van der Waals surface area contributed by atoms with Crippen LogP contribution in [0.15, 0.2) is 47.4 Å². The Morgan fingerprint density at radius 1 is 1.03 bits per heavy atom. The second-order valence-corrected chi connectivity index (χ2v) is 9.32. The first-order chi connectivity index (χ1) is 15.9. The summed E-state index contributed by atoms with van der Waals surface area (Å²) in [4.78, 5) is -0.0811. The Labute approximate surface area is 183 Å². The van der Waals surface area contributed by atoms with Crippen molar-refractivity contribution in [3.8, 4) is 0 Å². The van der Waals surface area contributed by atoms with Crippen LogP contribution in [0.5, 0.6) is 0 Å². The molecule has 0 unspecified atom stereocenters. The Morgan fingerprint density at radius 3 is 2.16 bits per heavy atom. The smallest absolute Gasteiger partial charge is 0.329 e. The summed E-state index contributed by atoms with van der Waals surface area (Å²) in [5, 5.41) is 3.37. The highest BCUT2D eigenvalue weighted by atomic mass is 32.2. The number of aryl methyl sites for hydroxylation is 1. The Balaban J connectivity index is 1.95. The van der Waals surface area contributed by atoms with Gasteiger partial charge in [0, 0.05) is 22.0 Å². The van der Waals surface area contributed by atoms with Crippen molar-refractivity contribution in [3.63, 3.8) is 0 Å². The van der Waals surface area contributed by atoms with E-state index in [1.165, 1.54) is 6.07 Å². The molecular formula is C20H17F6N3O2S. The lowest BCUT2D eigenvalue weighted by molar-refractivity contribution is -0.172. The minimum absolute atomic E-state index is 0.334. The third kappa shape index (κ3) is 3.40. The molecule has 0 saturated carbocycles. The number of hydrogen-bond donors (Lipinski definition) is 0. The molecule has 1 saturated heterocycles. The number of halogens is 6. The van der Waals surface area contributed by atoms with Gasteiger partial charge in [-0.05, 0) is 30.6 Å². The molecule has 172 valence electrons. The molecule has 0 N–H and O–H groups in total. The molecule has 0 bridgehead atoms. The minimum Gasteiger partial charge on any atom is -0.342 e. The van der Waals surface area contributed by atoms with E-state index < -0.39 is 75.0 Å². The van der Waals surface area contributed by atoms with Crippen LogP contribution in [0.2, 0.25) is 0 Å². The van der Waals surface area contributed by atoms with Gasteiger partial charge < -0.3 is 4.90 Å². The molecule has 1 fully saturated rings. The van der Waals surface area contributed by atoms with E-state index in [2.05, 4.69) is 5.10 Å². The number of alkyl halides is 6. The van der Waals surface area contributed by atoms with Gasteiger partial charge in [-0.2, -0.15) is 30.1 Å². The van der Waals surface area contributed by atoms with Gasteiger partial charge in [-0.3, -0.25) is 0 Å². The van der Waals surface area contributed by atoms with Gasteiger partial charge in [-0.15, -0.1) is 5.10 Å². The number of nitrogens with zero attached hydrogens (tertiary/aromatic N) is 3. The second kappa shape index (κ2) is 6.87. The largest absolute Gasteiger partial charge is 0.342 e. The molecule has 3 aromatic rings. The van der Waals surface area contributed by atoms with Gasteiger partial charge in [0.15, 0.2) is 5.82 Å². The van der Waals surface area contributed by atoms with Crippen LogP contribution >= 0.6 is 0 Å². The fraction of sp³-hybridized carbons (Fsp3) is 0.350. The van der Waals surface area contributed by atoms with Crippen LogP contribution in [0, 0.1) is 6.85 Å². The van der Waals surface area contributed by atoms with Gasteiger partial charge in [0.05, 0.1) is 23.5 Å². The standard InChI is InChI=1S/C20H17F6N3O2S/c1-12-4-3-5-15-16(12)17(28-10-19(23,24)20(25,26)11-28)27-29(15)32(30,31)14-8-6-13(7-9-14)18(2,21)22/h3-9H,10-11H2,1-2H3/i1D3. The van der Waals surface area contributed by atoms with Gasteiger partial charge in [-0.1, -0.05) is 24.3 Å². The number of anilines is 1. The van der Waals surface area contributed by atoms with Crippen LogP contribution in [0.3, 0.4) is 0 Å². The quantitative estimate of drug-likeness (QED) is 0.505. The normalized spacial score (nSPS) is 20.2. The first kappa shape index (κ1) is 18.8. The molecule has 2 heterocycles. The number of benzene rings is 2. The molecule has 32 heavy (non-hydrogen) atoms. The lowest BCUT2D eigenvalue weighted by Gasteiger charge is -2.14. The van der Waals surface area contributed by atoms with Crippen LogP contribution in [0.25, 0.3) is 10.9 Å². The topological polar surface area (TPSA) is 55.2 Å². The second-order valence-electron chi connectivity index (χ2n) is 7.55. The lowest BCUT2D eigenvalue weighted by atomic mass is 10.1. The molecule has 4 rings (SSSR count). The molecule has 1 aliphatic heterocycles. The van der Waals surface area contributed by atoms with E-state index in [-0.39, 0.29) is 5.52 Å². The Bertz CT molecular complexity index is 1380. The van der Waals surface area contributed by atoms with Crippen molar-refractivity contribution in [2.45, 2.75) is 36.4 Å². The number of hydrogen-bond acceptors (Lipinski definition) is 4. The summed E-state index contributed by atoms with van der Waals surface area (Å²) < 4.78 is 133. The fourth-order valence-corrected chi connectivity index (χ4v) is 4.74. The molecule has 0 atom stereocenters. The summed E-state index contributed by atoms with van der Waals surface area (Å²) >= 11 is 0. The molecule has 0 radical (unpaired) electrons. The highest BCUT2D eigenvalue weighted by Crippen LogP contribution is 2.44. The number of rotatable bonds is 4. The Morgan fingerprint density at radius 2 is 1.62 bits per heavy atom. The molecule has 0 spiro atoms. The summed E-state index contributed by atoms with van der Waals surface area (Å²) in [5.41, 5.74) is -1.32. The molecule has 2 aromatic carbocycles. The maximum Gasteiger partial charge on any atom is 0.329 e. The average Bonchev–Trinajstić information content (AvgIpc) is 3.21.